The molecule has 0 radical (unpaired) electrons. The molecule has 7 rings (SSSR count). The van der Waals surface area contributed by atoms with E-state index >= 15 is 0 Å². The smallest absolute Gasteiger partial charge is 0.267 e. The van der Waals surface area contributed by atoms with Crippen LogP contribution in [0.1, 0.15) is 69.5 Å². The number of amides is 5. The number of aromatic amines is 1. The zero-order valence-corrected chi connectivity index (χ0v) is 32.9. The first kappa shape index (κ1) is 41.4. The van der Waals surface area contributed by atoms with Gasteiger partial charge in [-0.2, -0.15) is 0 Å². The second-order valence-corrected chi connectivity index (χ2v) is 14.7. The number of nitrogens with one attached hydrogen (secondary N) is 4. The highest BCUT2D eigenvalue weighted by atomic mass is 16.8. The van der Waals surface area contributed by atoms with Gasteiger partial charge in [-0.05, 0) is 66.6 Å². The Balaban J connectivity index is 0.848. The molecule has 0 bridgehead atoms. The number of aromatic nitrogens is 1. The third-order valence-electron chi connectivity index (χ3n) is 10.6. The van der Waals surface area contributed by atoms with E-state index in [0.717, 1.165) is 60.3 Å². The van der Waals surface area contributed by atoms with Crippen LogP contribution in [-0.2, 0) is 46.4 Å². The van der Waals surface area contributed by atoms with Crippen molar-refractivity contribution in [2.24, 2.45) is 0 Å². The molecule has 1 aromatic heterocycles. The third kappa shape index (κ3) is 10.9. The summed E-state index contributed by atoms with van der Waals surface area (Å²) in [5.41, 5.74) is 7.77. The summed E-state index contributed by atoms with van der Waals surface area (Å²) in [4.78, 5) is 74.8. The zero-order valence-electron chi connectivity index (χ0n) is 32.9. The Hall–Kier alpha value is -5.71. The van der Waals surface area contributed by atoms with Gasteiger partial charge in [0, 0.05) is 74.5 Å². The molecule has 3 aliphatic heterocycles. The van der Waals surface area contributed by atoms with Crippen molar-refractivity contribution in [3.8, 4) is 0 Å². The summed E-state index contributed by atoms with van der Waals surface area (Å²) in [6.45, 7) is 4.88. The largest absolute Gasteiger partial charge is 0.382 e. The van der Waals surface area contributed by atoms with Crippen LogP contribution in [0, 0.1) is 0 Å². The van der Waals surface area contributed by atoms with Gasteiger partial charge in [-0.25, -0.2) is 10.3 Å². The highest BCUT2D eigenvalue weighted by molar-refractivity contribution is 6.25. The van der Waals surface area contributed by atoms with Crippen molar-refractivity contribution in [1.82, 2.24) is 25.6 Å². The van der Waals surface area contributed by atoms with Crippen LogP contribution < -0.4 is 16.1 Å². The monoisotopic (exact) mass is 806 g/mol. The van der Waals surface area contributed by atoms with Crippen molar-refractivity contribution in [1.29, 1.82) is 0 Å². The second kappa shape index (κ2) is 20.3. The van der Waals surface area contributed by atoms with Crippen molar-refractivity contribution in [2.75, 3.05) is 58.0 Å². The number of rotatable bonds is 20. The van der Waals surface area contributed by atoms with Crippen LogP contribution in [0.2, 0.25) is 0 Å². The highest BCUT2D eigenvalue weighted by Gasteiger charge is 2.45. The first-order valence-corrected chi connectivity index (χ1v) is 20.2. The van der Waals surface area contributed by atoms with Crippen LogP contribution in [0.5, 0.6) is 0 Å². The summed E-state index contributed by atoms with van der Waals surface area (Å²) in [6, 6.07) is 20.3. The number of ether oxygens (including phenoxy) is 3. The Morgan fingerprint density at radius 2 is 1.73 bits per heavy atom. The summed E-state index contributed by atoms with van der Waals surface area (Å²) in [5.74, 6) is -2.51. The van der Waals surface area contributed by atoms with Gasteiger partial charge < -0.3 is 24.5 Å². The van der Waals surface area contributed by atoms with Gasteiger partial charge in [0.15, 0.2) is 6.29 Å². The van der Waals surface area contributed by atoms with E-state index in [1.54, 1.807) is 24.3 Å². The predicted octanol–water partition coefficient (Wildman–Crippen LogP) is 4.35. The quantitative estimate of drug-likeness (QED) is 0.0432. The standard InChI is InChI=1S/C44H50N6O9/c51-38-18-16-37(42(53)47-38)50-43(54)34-7-5-9-36(41(34)44(50)55)45-20-24-56-26-27-57-25-22-49(21-19-32-28-46-35-8-2-1-6-33(32)35)29-31-13-11-30(12-14-31)15-17-39(52)48-59-40-10-3-4-23-58-40/h1-2,5-9,11-15,17,28,37,40,45-46H,3-4,10,16,18-27,29H2,(H,48,52)(H,47,51,53)/b17-15+. The number of fused-ring (bicyclic) bond motifs is 2. The number of nitrogens with zero attached hydrogens (tertiary/aromatic N) is 2. The number of carbonyl (C=O) groups is 5. The molecule has 15 nitrogen and oxygen atoms in total. The number of benzene rings is 3. The Bertz CT molecular complexity index is 2150. The minimum absolute atomic E-state index is 0.0612. The molecule has 4 N–H and O–H groups in total. The molecule has 2 atom stereocenters. The third-order valence-corrected chi connectivity index (χ3v) is 10.6. The van der Waals surface area contributed by atoms with E-state index in [2.05, 4.69) is 62.5 Å². The molecule has 5 amide bonds. The molecule has 0 aliphatic carbocycles. The molecule has 4 aromatic rings. The molecule has 3 aromatic carbocycles. The van der Waals surface area contributed by atoms with E-state index in [4.69, 9.17) is 19.0 Å². The van der Waals surface area contributed by atoms with E-state index in [0.29, 0.717) is 51.8 Å². The van der Waals surface area contributed by atoms with Gasteiger partial charge >= 0.3 is 0 Å². The highest BCUT2D eigenvalue weighted by Crippen LogP contribution is 2.32. The molecular weight excluding hydrogens is 757 g/mol. The summed E-state index contributed by atoms with van der Waals surface area (Å²) in [5, 5.41) is 6.62. The lowest BCUT2D eigenvalue weighted by Crippen LogP contribution is -2.54. The Labute approximate surface area is 342 Å². The lowest BCUT2D eigenvalue weighted by molar-refractivity contribution is -0.198. The molecule has 310 valence electrons. The fourth-order valence-electron chi connectivity index (χ4n) is 7.45. The number of para-hydroxylation sites is 1. The predicted molar refractivity (Wildman–Crippen MR) is 219 cm³/mol. The van der Waals surface area contributed by atoms with E-state index in [1.165, 1.54) is 17.0 Å². The van der Waals surface area contributed by atoms with Gasteiger partial charge in [-0.3, -0.25) is 39.1 Å². The minimum atomic E-state index is -1.02. The number of imide groups is 2. The fraction of sp³-hybridized carbons (Fsp3) is 0.386. The summed E-state index contributed by atoms with van der Waals surface area (Å²) in [7, 11) is 0. The second-order valence-electron chi connectivity index (χ2n) is 14.7. The molecule has 4 heterocycles. The van der Waals surface area contributed by atoms with E-state index in [1.807, 2.05) is 18.2 Å². The van der Waals surface area contributed by atoms with Gasteiger partial charge in [0.25, 0.3) is 17.7 Å². The summed E-state index contributed by atoms with van der Waals surface area (Å²) < 4.78 is 17.3. The number of piperidine rings is 1. The first-order valence-electron chi connectivity index (χ1n) is 20.2. The maximum Gasteiger partial charge on any atom is 0.267 e. The molecular formula is C44H50N6O9. The van der Waals surface area contributed by atoms with Crippen LogP contribution >= 0.6 is 0 Å². The number of anilines is 1. The first-order chi connectivity index (χ1) is 28.8. The SMILES string of the molecule is O=C(/C=C/c1ccc(CN(CCOCCOCCNc2cccc3c2C(=O)N(C2CCC(=O)NC2=O)C3=O)CCc2c[nH]c3ccccc23)cc1)NOC1CCCCO1. The van der Waals surface area contributed by atoms with Gasteiger partial charge in [0.2, 0.25) is 11.8 Å². The maximum atomic E-state index is 13.3. The van der Waals surface area contributed by atoms with Gasteiger partial charge in [-0.15, -0.1) is 0 Å². The van der Waals surface area contributed by atoms with Crippen LogP contribution in [0.15, 0.2) is 79.0 Å². The normalized spacial score (nSPS) is 18.2. The number of carbonyl (C=O) groups excluding carboxylic acids is 5. The summed E-state index contributed by atoms with van der Waals surface area (Å²) in [6.07, 6.45) is 8.68. The Kier molecular flexibility index (Phi) is 14.3. The average molecular weight is 807 g/mol. The molecule has 2 fully saturated rings. The minimum Gasteiger partial charge on any atom is -0.382 e. The molecule has 3 aliphatic rings. The summed E-state index contributed by atoms with van der Waals surface area (Å²) >= 11 is 0. The van der Waals surface area contributed by atoms with E-state index in [9.17, 15) is 24.0 Å². The topological polar surface area (TPSA) is 181 Å². The van der Waals surface area contributed by atoms with Gasteiger partial charge in [0.1, 0.15) is 6.04 Å². The molecule has 59 heavy (non-hydrogen) atoms. The number of hydrogen-bond donors (Lipinski definition) is 4. The number of H-pyrrole nitrogens is 1. The molecule has 0 saturated carbocycles. The molecule has 2 unspecified atom stereocenters. The average Bonchev–Trinajstić information content (AvgIpc) is 3.78. The van der Waals surface area contributed by atoms with E-state index < -0.39 is 36.0 Å². The van der Waals surface area contributed by atoms with E-state index in [-0.39, 0.29) is 29.9 Å². The van der Waals surface area contributed by atoms with Crippen LogP contribution in [0.25, 0.3) is 17.0 Å². The van der Waals surface area contributed by atoms with Crippen molar-refractivity contribution in [3.05, 3.63) is 107 Å². The Morgan fingerprint density at radius 3 is 2.54 bits per heavy atom. The molecule has 15 heteroatoms. The Morgan fingerprint density at radius 1 is 0.898 bits per heavy atom. The number of hydrogen-bond acceptors (Lipinski definition) is 11. The van der Waals surface area contributed by atoms with Gasteiger partial charge in [0.05, 0.1) is 37.6 Å². The fourth-order valence-corrected chi connectivity index (χ4v) is 7.45. The lowest BCUT2D eigenvalue weighted by Gasteiger charge is -2.27. The van der Waals surface area contributed by atoms with Crippen molar-refractivity contribution < 1.29 is 43.0 Å². The van der Waals surface area contributed by atoms with Gasteiger partial charge in [-0.1, -0.05) is 48.5 Å². The van der Waals surface area contributed by atoms with Crippen molar-refractivity contribution >= 4 is 52.2 Å². The zero-order chi connectivity index (χ0) is 41.0. The van der Waals surface area contributed by atoms with Crippen LogP contribution in [-0.4, -0.2) is 109 Å². The molecule has 0 spiro atoms. The van der Waals surface area contributed by atoms with Crippen molar-refractivity contribution in [3.63, 3.8) is 0 Å². The lowest BCUT2D eigenvalue weighted by atomic mass is 10.0. The maximum absolute atomic E-state index is 13.3. The van der Waals surface area contributed by atoms with Crippen molar-refractivity contribution in [2.45, 2.75) is 57.4 Å². The molecule has 2 saturated heterocycles. The van der Waals surface area contributed by atoms with Crippen LogP contribution in [0.3, 0.4) is 0 Å². The van der Waals surface area contributed by atoms with Crippen LogP contribution in [0.4, 0.5) is 5.69 Å². The number of hydroxylamine groups is 1.